The molecule has 4 heterocycles. The molecular formula is C56H64Cl2N6O12. The lowest BCUT2D eigenvalue weighted by molar-refractivity contribution is -0.385. The highest BCUT2D eigenvalue weighted by Gasteiger charge is 2.41. The van der Waals surface area contributed by atoms with E-state index in [0.717, 1.165) is 51.9 Å². The molecule has 76 heavy (non-hydrogen) atoms. The van der Waals surface area contributed by atoms with Crippen molar-refractivity contribution in [1.82, 2.24) is 20.4 Å². The van der Waals surface area contributed by atoms with Gasteiger partial charge in [0.15, 0.2) is 0 Å². The molecule has 4 aliphatic heterocycles. The zero-order valence-corrected chi connectivity index (χ0v) is 44.9. The molecule has 2 fully saturated rings. The van der Waals surface area contributed by atoms with Crippen LogP contribution in [0.4, 0.5) is 11.4 Å². The van der Waals surface area contributed by atoms with Crippen molar-refractivity contribution >= 4 is 60.1 Å². The van der Waals surface area contributed by atoms with Gasteiger partial charge in [-0.1, -0.05) is 84.9 Å². The number of hydrogen-bond donors (Lipinski definition) is 2. The van der Waals surface area contributed by atoms with Gasteiger partial charge < -0.3 is 29.6 Å². The van der Waals surface area contributed by atoms with Crippen LogP contribution in [0.2, 0.25) is 0 Å². The second kappa shape index (κ2) is 27.4. The van der Waals surface area contributed by atoms with E-state index in [4.69, 9.17) is 18.9 Å². The summed E-state index contributed by atoms with van der Waals surface area (Å²) in [5.41, 5.74) is 6.02. The highest BCUT2D eigenvalue weighted by Crippen LogP contribution is 2.42. The van der Waals surface area contributed by atoms with E-state index in [2.05, 4.69) is 44.7 Å². The van der Waals surface area contributed by atoms with E-state index in [-0.39, 0.29) is 70.7 Å². The van der Waals surface area contributed by atoms with Crippen molar-refractivity contribution in [1.29, 1.82) is 0 Å². The van der Waals surface area contributed by atoms with Gasteiger partial charge in [0, 0.05) is 73.2 Å². The number of dihydropyridines is 2. The number of likely N-dealkylation sites (tertiary alicyclic amines) is 2. The third kappa shape index (κ3) is 14.5. The zero-order chi connectivity index (χ0) is 53.1. The molecule has 0 saturated carbocycles. The summed E-state index contributed by atoms with van der Waals surface area (Å²) >= 11 is 0. The summed E-state index contributed by atoms with van der Waals surface area (Å²) in [7, 11) is 2.53. The van der Waals surface area contributed by atoms with Gasteiger partial charge in [-0.05, 0) is 88.7 Å². The van der Waals surface area contributed by atoms with Crippen LogP contribution in [-0.4, -0.2) is 96.1 Å². The summed E-state index contributed by atoms with van der Waals surface area (Å²) in [6.45, 7) is 11.5. The van der Waals surface area contributed by atoms with Gasteiger partial charge in [0.05, 0.1) is 58.2 Å². The number of rotatable bonds is 14. The normalized spacial score (nSPS) is 19.8. The fourth-order valence-corrected chi connectivity index (χ4v) is 10.2. The molecule has 20 heteroatoms. The van der Waals surface area contributed by atoms with Gasteiger partial charge in [0.25, 0.3) is 11.4 Å². The minimum atomic E-state index is -0.870. The van der Waals surface area contributed by atoms with E-state index >= 15 is 0 Å². The van der Waals surface area contributed by atoms with Crippen LogP contribution in [0.3, 0.4) is 0 Å². The first-order chi connectivity index (χ1) is 35.6. The first-order valence-electron chi connectivity index (χ1n) is 24.5. The Morgan fingerprint density at radius 3 is 1.20 bits per heavy atom. The molecule has 0 aliphatic carbocycles. The highest BCUT2D eigenvalue weighted by molar-refractivity contribution is 6.01. The number of allylic oxidation sites excluding steroid dienone is 4. The van der Waals surface area contributed by atoms with Crippen molar-refractivity contribution in [2.75, 3.05) is 40.4 Å². The molecule has 4 aliphatic rings. The Labute approximate surface area is 454 Å². The molecule has 0 bridgehead atoms. The van der Waals surface area contributed by atoms with Crippen LogP contribution >= 0.6 is 24.8 Å². The van der Waals surface area contributed by atoms with Crippen LogP contribution in [-0.2, 0) is 51.2 Å². The SMILES string of the molecule is COC(=O)C1=C(C)NC(C)=C(C(=O)O[C@@H]2CCCN(Cc3ccccc3)C2)[C@H]1c1cccc([N+](=O)[O-])c1.COC(=O)C1=C(C)NC(C)=C(C(=O)O[C@H]2CCCN(Cc3ccccc3)C2)[C@@H]1c1cccc([N+](=O)[O-])c1.Cl.Cl. The molecule has 404 valence electrons. The third-order valence-corrected chi connectivity index (χ3v) is 13.6. The number of nitro groups is 2. The third-order valence-electron chi connectivity index (χ3n) is 13.6. The standard InChI is InChI=1S/2C28H31N3O6.2ClH/c2*1-18-24(27(32)36-3)26(21-11-7-12-22(15-21)31(34)35)25(19(2)29-18)28(33)37-23-13-8-14-30(17-23)16-20-9-5-4-6-10-20;;/h2*4-7,9-12,15,23,26,29H,8,13-14,16-17H2,1-3H3;2*1H/t2*23-,26+;;/m10../s1. The number of nitrogens with one attached hydrogen (secondary N) is 2. The van der Waals surface area contributed by atoms with Crippen molar-refractivity contribution in [3.05, 3.63) is 197 Å². The number of carbonyl (C=O) groups excluding carboxylic acids is 4. The minimum absolute atomic E-state index is 0. The number of hydrogen-bond acceptors (Lipinski definition) is 16. The molecule has 0 unspecified atom stereocenters. The van der Waals surface area contributed by atoms with E-state index < -0.39 is 45.6 Å². The quantitative estimate of drug-likeness (QED) is 0.0520. The second-order valence-corrected chi connectivity index (χ2v) is 18.7. The Kier molecular flexibility index (Phi) is 21.5. The lowest BCUT2D eigenvalue weighted by Crippen LogP contribution is -2.41. The van der Waals surface area contributed by atoms with Crippen LogP contribution in [0.15, 0.2) is 154 Å². The molecule has 4 aromatic carbocycles. The van der Waals surface area contributed by atoms with Crippen LogP contribution < -0.4 is 10.6 Å². The number of piperidine rings is 2. The summed E-state index contributed by atoms with van der Waals surface area (Å²) in [4.78, 5) is 79.4. The van der Waals surface area contributed by atoms with Gasteiger partial charge >= 0.3 is 23.9 Å². The number of carbonyl (C=O) groups is 4. The molecule has 4 atom stereocenters. The molecule has 2 saturated heterocycles. The van der Waals surface area contributed by atoms with Gasteiger partial charge in [0.1, 0.15) is 12.2 Å². The van der Waals surface area contributed by atoms with Gasteiger partial charge in [-0.3, -0.25) is 30.0 Å². The number of ether oxygens (including phenoxy) is 4. The number of methoxy groups -OCH3 is 2. The summed E-state index contributed by atoms with van der Waals surface area (Å²) in [5, 5.41) is 29.1. The monoisotopic (exact) mass is 1080 g/mol. The first-order valence-corrected chi connectivity index (χ1v) is 24.5. The molecule has 2 N–H and O–H groups in total. The van der Waals surface area contributed by atoms with Crippen LogP contribution in [0, 0.1) is 20.2 Å². The van der Waals surface area contributed by atoms with Crippen LogP contribution in [0.25, 0.3) is 0 Å². The first kappa shape index (κ1) is 59.5. The largest absolute Gasteiger partial charge is 0.466 e. The van der Waals surface area contributed by atoms with Crippen molar-refractivity contribution in [2.45, 2.75) is 90.5 Å². The lowest BCUT2D eigenvalue weighted by Gasteiger charge is -2.34. The molecule has 0 spiro atoms. The fraction of sp³-hybridized carbons (Fsp3) is 0.357. The van der Waals surface area contributed by atoms with Crippen LogP contribution in [0.5, 0.6) is 0 Å². The summed E-state index contributed by atoms with van der Waals surface area (Å²) < 4.78 is 22.1. The second-order valence-electron chi connectivity index (χ2n) is 18.7. The number of non-ortho nitro benzene ring substituents is 2. The maximum atomic E-state index is 13.7. The topological polar surface area (TPSA) is 222 Å². The van der Waals surface area contributed by atoms with Gasteiger partial charge in [-0.25, -0.2) is 19.2 Å². The molecule has 0 aromatic heterocycles. The number of esters is 4. The Bertz CT molecular complexity index is 2720. The van der Waals surface area contributed by atoms with Crippen LogP contribution in [0.1, 0.15) is 87.5 Å². The number of nitro benzene ring substituents is 2. The lowest BCUT2D eigenvalue weighted by atomic mass is 9.80. The number of halogens is 2. The molecule has 8 rings (SSSR count). The van der Waals surface area contributed by atoms with Crippen molar-refractivity contribution in [2.24, 2.45) is 0 Å². The Hall–Kier alpha value is -7.38. The van der Waals surface area contributed by atoms with E-state index in [1.54, 1.807) is 52.0 Å². The molecule has 0 amide bonds. The summed E-state index contributed by atoms with van der Waals surface area (Å²) in [6.07, 6.45) is 2.62. The maximum absolute atomic E-state index is 13.7. The highest BCUT2D eigenvalue weighted by atomic mass is 35.5. The average molecular weight is 1080 g/mol. The van der Waals surface area contributed by atoms with Crippen molar-refractivity contribution in [3.8, 4) is 0 Å². The minimum Gasteiger partial charge on any atom is -0.466 e. The van der Waals surface area contributed by atoms with E-state index in [1.165, 1.54) is 49.6 Å². The van der Waals surface area contributed by atoms with E-state index in [9.17, 15) is 39.4 Å². The smallest absolute Gasteiger partial charge is 0.337 e. The molecule has 0 radical (unpaired) electrons. The van der Waals surface area contributed by atoms with Crippen molar-refractivity contribution < 1.29 is 48.0 Å². The molecule has 18 nitrogen and oxygen atoms in total. The number of nitrogens with zero attached hydrogens (tertiary/aromatic N) is 4. The number of benzene rings is 4. The molecule has 4 aromatic rings. The summed E-state index contributed by atoms with van der Waals surface area (Å²) in [5.74, 6) is -4.09. The average Bonchev–Trinajstić information content (AvgIpc) is 3.38. The fourth-order valence-electron chi connectivity index (χ4n) is 10.2. The van der Waals surface area contributed by atoms with Gasteiger partial charge in [-0.15, -0.1) is 24.8 Å². The molecular weight excluding hydrogens is 1020 g/mol. The predicted octanol–water partition coefficient (Wildman–Crippen LogP) is 9.26. The maximum Gasteiger partial charge on any atom is 0.337 e. The Morgan fingerprint density at radius 2 is 0.868 bits per heavy atom. The summed E-state index contributed by atoms with van der Waals surface area (Å²) in [6, 6.07) is 32.2. The van der Waals surface area contributed by atoms with Gasteiger partial charge in [-0.2, -0.15) is 0 Å². The zero-order valence-electron chi connectivity index (χ0n) is 43.3. The van der Waals surface area contributed by atoms with Crippen molar-refractivity contribution in [3.63, 3.8) is 0 Å². The Balaban J connectivity index is 0.000000274. The van der Waals surface area contributed by atoms with E-state index in [1.807, 2.05) is 36.4 Å². The predicted molar refractivity (Wildman–Crippen MR) is 289 cm³/mol. The van der Waals surface area contributed by atoms with E-state index in [0.29, 0.717) is 47.0 Å². The Morgan fingerprint density at radius 1 is 0.526 bits per heavy atom. The van der Waals surface area contributed by atoms with Gasteiger partial charge in [0.2, 0.25) is 0 Å².